The SMILES string of the molecule is Cc1ccc(-c2cc(F)c(CF)c(F)c2)cc1.FOc1cc(F)c(F)c(F)c1. The molecule has 0 unspecified atom stereocenters. The van der Waals surface area contributed by atoms with Crippen LogP contribution in [0.3, 0.4) is 0 Å². The Morgan fingerprint density at radius 3 is 1.64 bits per heavy atom. The summed E-state index contributed by atoms with van der Waals surface area (Å²) in [4.78, 5) is 2.98. The van der Waals surface area contributed by atoms with Crippen LogP contribution in [0, 0.1) is 36.0 Å². The van der Waals surface area contributed by atoms with E-state index in [1.807, 2.05) is 19.1 Å². The van der Waals surface area contributed by atoms with E-state index in [0.29, 0.717) is 23.3 Å². The maximum atomic E-state index is 13.4. The fraction of sp³-hybridized carbons (Fsp3) is 0.100. The van der Waals surface area contributed by atoms with Crippen molar-refractivity contribution in [2.75, 3.05) is 0 Å². The van der Waals surface area contributed by atoms with Gasteiger partial charge in [0.05, 0.1) is 5.56 Å². The van der Waals surface area contributed by atoms with Gasteiger partial charge in [0.15, 0.2) is 23.2 Å². The van der Waals surface area contributed by atoms with Gasteiger partial charge in [0, 0.05) is 16.7 Å². The zero-order valence-corrected chi connectivity index (χ0v) is 14.4. The Kier molecular flexibility index (Phi) is 7.03. The van der Waals surface area contributed by atoms with Crippen molar-refractivity contribution in [1.29, 1.82) is 0 Å². The van der Waals surface area contributed by atoms with Crippen molar-refractivity contribution >= 4 is 0 Å². The molecule has 0 saturated carbocycles. The van der Waals surface area contributed by atoms with Crippen LogP contribution in [0.5, 0.6) is 5.75 Å². The quantitative estimate of drug-likeness (QED) is 0.347. The van der Waals surface area contributed by atoms with E-state index < -0.39 is 47.1 Å². The van der Waals surface area contributed by atoms with Crippen LogP contribution in [0.15, 0.2) is 48.5 Å². The highest BCUT2D eigenvalue weighted by Gasteiger charge is 2.12. The van der Waals surface area contributed by atoms with Crippen molar-refractivity contribution in [2.24, 2.45) is 0 Å². The smallest absolute Gasteiger partial charge is 0.194 e. The van der Waals surface area contributed by atoms with E-state index >= 15 is 0 Å². The Balaban J connectivity index is 0.000000221. The Bertz CT molecular complexity index is 909. The second-order valence-electron chi connectivity index (χ2n) is 5.70. The third kappa shape index (κ3) is 5.03. The number of hydrogen-bond donors (Lipinski definition) is 0. The topological polar surface area (TPSA) is 9.23 Å². The number of benzene rings is 3. The predicted molar refractivity (Wildman–Crippen MR) is 89.4 cm³/mol. The van der Waals surface area contributed by atoms with Crippen molar-refractivity contribution < 1.29 is 35.8 Å². The molecule has 0 saturated heterocycles. The van der Waals surface area contributed by atoms with Gasteiger partial charge < -0.3 is 0 Å². The zero-order valence-electron chi connectivity index (χ0n) is 14.4. The lowest BCUT2D eigenvalue weighted by Gasteiger charge is -2.06. The second-order valence-corrected chi connectivity index (χ2v) is 5.70. The minimum absolute atomic E-state index is 0.401. The number of hydrogen-bond acceptors (Lipinski definition) is 1. The highest BCUT2D eigenvalue weighted by molar-refractivity contribution is 5.64. The van der Waals surface area contributed by atoms with Crippen molar-refractivity contribution in [3.8, 4) is 16.9 Å². The van der Waals surface area contributed by atoms with Crippen LogP contribution in [0.4, 0.5) is 30.9 Å². The van der Waals surface area contributed by atoms with Gasteiger partial charge in [-0.15, -0.1) is 0 Å². The number of alkyl halides is 1. The molecule has 28 heavy (non-hydrogen) atoms. The molecule has 0 aliphatic heterocycles. The minimum atomic E-state index is -1.65. The lowest BCUT2D eigenvalue weighted by atomic mass is 10.0. The normalized spacial score (nSPS) is 10.3. The van der Waals surface area contributed by atoms with E-state index in [-0.39, 0.29) is 0 Å². The maximum absolute atomic E-state index is 13.4. The monoisotopic (exact) mass is 402 g/mol. The third-order valence-electron chi connectivity index (χ3n) is 3.71. The van der Waals surface area contributed by atoms with Crippen LogP contribution >= 0.6 is 0 Å². The summed E-state index contributed by atoms with van der Waals surface area (Å²) in [5.74, 6) is -7.02. The molecule has 3 aromatic rings. The van der Waals surface area contributed by atoms with Gasteiger partial charge in [0.25, 0.3) is 0 Å². The standard InChI is InChI=1S/C14H11F3.C6H2F4O/c1-9-2-4-10(5-3-9)11-6-13(16)12(8-15)14(17)7-11;7-4-1-3(11-10)2-5(8)6(4)9/h2-7H,8H2,1H3;1-2H. The molecule has 0 fully saturated rings. The summed E-state index contributed by atoms with van der Waals surface area (Å²) in [5.41, 5.74) is 1.67. The molecule has 0 amide bonds. The molecule has 0 spiro atoms. The fourth-order valence-corrected chi connectivity index (χ4v) is 2.22. The van der Waals surface area contributed by atoms with E-state index in [2.05, 4.69) is 4.94 Å². The number of aryl methyl sites for hydroxylation is 1. The molecule has 0 radical (unpaired) electrons. The Hall–Kier alpha value is -3.03. The van der Waals surface area contributed by atoms with E-state index in [1.165, 1.54) is 0 Å². The Morgan fingerprint density at radius 1 is 0.714 bits per heavy atom. The first kappa shape index (κ1) is 21.3. The first-order chi connectivity index (χ1) is 13.3. The molecule has 0 aliphatic carbocycles. The lowest BCUT2D eigenvalue weighted by Crippen LogP contribution is -1.94. The third-order valence-corrected chi connectivity index (χ3v) is 3.71. The molecular formula is C20H13F7O. The van der Waals surface area contributed by atoms with Gasteiger partial charge in [-0.3, -0.25) is 4.94 Å². The highest BCUT2D eigenvalue weighted by Crippen LogP contribution is 2.25. The predicted octanol–water partition coefficient (Wildman–Crippen LogP) is 6.78. The minimum Gasteiger partial charge on any atom is -0.294 e. The Morgan fingerprint density at radius 2 is 1.21 bits per heavy atom. The van der Waals surface area contributed by atoms with Crippen molar-refractivity contribution in [2.45, 2.75) is 13.6 Å². The van der Waals surface area contributed by atoms with Gasteiger partial charge in [0.2, 0.25) is 0 Å². The highest BCUT2D eigenvalue weighted by atomic mass is 19.3. The Labute approximate surface area is 155 Å². The average molecular weight is 402 g/mol. The first-order valence-electron chi connectivity index (χ1n) is 7.80. The maximum Gasteiger partial charge on any atom is 0.194 e. The largest absolute Gasteiger partial charge is 0.294 e. The summed E-state index contributed by atoms with van der Waals surface area (Å²) in [6.07, 6.45) is 0. The van der Waals surface area contributed by atoms with E-state index in [0.717, 1.165) is 17.7 Å². The van der Waals surface area contributed by atoms with Gasteiger partial charge in [-0.05, 0) is 30.2 Å². The van der Waals surface area contributed by atoms with Gasteiger partial charge in [0.1, 0.15) is 18.3 Å². The van der Waals surface area contributed by atoms with Crippen LogP contribution in [0.25, 0.3) is 11.1 Å². The number of rotatable bonds is 3. The molecule has 0 aliphatic rings. The molecule has 0 heterocycles. The molecule has 8 heteroatoms. The average Bonchev–Trinajstić information content (AvgIpc) is 2.66. The zero-order chi connectivity index (χ0) is 20.8. The lowest BCUT2D eigenvalue weighted by molar-refractivity contribution is -0.00711. The molecule has 0 atom stereocenters. The van der Waals surface area contributed by atoms with E-state index in [9.17, 15) is 30.9 Å². The summed E-state index contributed by atoms with van der Waals surface area (Å²) >= 11 is 0. The molecular weight excluding hydrogens is 389 g/mol. The van der Waals surface area contributed by atoms with Crippen molar-refractivity contribution in [3.63, 3.8) is 0 Å². The first-order valence-corrected chi connectivity index (χ1v) is 7.80. The van der Waals surface area contributed by atoms with E-state index in [1.54, 1.807) is 12.1 Å². The molecule has 1 nitrogen and oxygen atoms in total. The molecule has 0 bridgehead atoms. The van der Waals surface area contributed by atoms with Gasteiger partial charge in [-0.1, -0.05) is 29.8 Å². The molecule has 3 aromatic carbocycles. The van der Waals surface area contributed by atoms with Gasteiger partial charge >= 0.3 is 0 Å². The summed E-state index contributed by atoms with van der Waals surface area (Å²) < 4.78 is 86.9. The molecule has 0 aromatic heterocycles. The van der Waals surface area contributed by atoms with E-state index in [4.69, 9.17) is 0 Å². The van der Waals surface area contributed by atoms with Crippen LogP contribution in [-0.2, 0) is 6.67 Å². The second kappa shape index (κ2) is 9.25. The van der Waals surface area contributed by atoms with Crippen LogP contribution in [0.2, 0.25) is 0 Å². The molecule has 0 N–H and O–H groups in total. The molecule has 148 valence electrons. The summed E-state index contributed by atoms with van der Waals surface area (Å²) in [6.45, 7) is 0.795. The van der Waals surface area contributed by atoms with Crippen LogP contribution in [0.1, 0.15) is 11.1 Å². The number of halogens is 7. The van der Waals surface area contributed by atoms with Gasteiger partial charge in [-0.2, -0.15) is 0 Å². The fourth-order valence-electron chi connectivity index (χ4n) is 2.22. The molecule has 3 rings (SSSR count). The van der Waals surface area contributed by atoms with Crippen LogP contribution in [-0.4, -0.2) is 0 Å². The summed E-state index contributed by atoms with van der Waals surface area (Å²) in [6, 6.07) is 10.4. The summed E-state index contributed by atoms with van der Waals surface area (Å²) in [5, 5.41) is 0. The van der Waals surface area contributed by atoms with Crippen molar-refractivity contribution in [3.05, 3.63) is 88.7 Å². The van der Waals surface area contributed by atoms with Crippen molar-refractivity contribution in [1.82, 2.24) is 0 Å². The van der Waals surface area contributed by atoms with Gasteiger partial charge in [-0.25, -0.2) is 26.3 Å². The summed E-state index contributed by atoms with van der Waals surface area (Å²) in [7, 11) is 0. The van der Waals surface area contributed by atoms with Crippen LogP contribution < -0.4 is 4.94 Å².